The van der Waals surface area contributed by atoms with Gasteiger partial charge in [0.2, 0.25) is 0 Å². The molecule has 0 saturated heterocycles. The first kappa shape index (κ1) is 12.7. The Morgan fingerprint density at radius 3 is 2.83 bits per heavy atom. The summed E-state index contributed by atoms with van der Waals surface area (Å²) in [6.45, 7) is 0. The summed E-state index contributed by atoms with van der Waals surface area (Å²) in [5, 5.41) is 9.06. The summed E-state index contributed by atoms with van der Waals surface area (Å²) >= 11 is 0. The van der Waals surface area contributed by atoms with Gasteiger partial charge >= 0.3 is 0 Å². The van der Waals surface area contributed by atoms with E-state index in [9.17, 15) is 0 Å². The largest absolute Gasteiger partial charge is 0.489 e. The number of rotatable bonds is 3. The second-order valence-electron chi connectivity index (χ2n) is 4.63. The van der Waals surface area contributed by atoms with Gasteiger partial charge in [0.15, 0.2) is 0 Å². The number of methoxy groups -OCH3 is 1. The molecule has 96 valence electrons. The van der Waals surface area contributed by atoms with Crippen LogP contribution in [0.15, 0.2) is 18.2 Å². The topological polar surface area (TPSA) is 68.3 Å². The minimum atomic E-state index is 0.124. The van der Waals surface area contributed by atoms with Crippen LogP contribution in [0.1, 0.15) is 31.2 Å². The number of nitrogens with two attached hydrogens (primary N) is 1. The van der Waals surface area contributed by atoms with Gasteiger partial charge in [-0.3, -0.25) is 0 Å². The minimum absolute atomic E-state index is 0.124. The molecule has 0 radical (unpaired) electrons. The molecule has 1 aliphatic rings. The zero-order valence-electron chi connectivity index (χ0n) is 10.6. The fourth-order valence-corrected chi connectivity index (χ4v) is 2.34. The summed E-state index contributed by atoms with van der Waals surface area (Å²) in [7, 11) is 1.73. The van der Waals surface area contributed by atoms with E-state index in [4.69, 9.17) is 20.5 Å². The Morgan fingerprint density at radius 1 is 1.33 bits per heavy atom. The van der Waals surface area contributed by atoms with Crippen LogP contribution in [0, 0.1) is 11.3 Å². The second kappa shape index (κ2) is 5.74. The van der Waals surface area contributed by atoms with Gasteiger partial charge in [-0.25, -0.2) is 0 Å². The van der Waals surface area contributed by atoms with E-state index in [0.717, 1.165) is 25.7 Å². The maximum absolute atomic E-state index is 9.06. The van der Waals surface area contributed by atoms with Crippen molar-refractivity contribution >= 4 is 5.69 Å². The van der Waals surface area contributed by atoms with Crippen molar-refractivity contribution in [2.75, 3.05) is 12.8 Å². The third-order valence-electron chi connectivity index (χ3n) is 3.33. The lowest BCUT2D eigenvalue weighted by Crippen LogP contribution is -2.29. The molecule has 4 heteroatoms. The van der Waals surface area contributed by atoms with E-state index in [0.29, 0.717) is 17.0 Å². The number of hydrogen-bond donors (Lipinski definition) is 1. The fourth-order valence-electron chi connectivity index (χ4n) is 2.34. The molecule has 2 rings (SSSR count). The second-order valence-corrected chi connectivity index (χ2v) is 4.63. The van der Waals surface area contributed by atoms with Crippen molar-refractivity contribution in [2.24, 2.45) is 0 Å². The standard InChI is InChI=1S/C14H18N2O2/c1-17-12-3-2-4-13(8-12)18-14-6-5-11(16)7-10(14)9-15/h5-7,12-13H,2-4,8,16H2,1H3. The molecule has 1 fully saturated rings. The van der Waals surface area contributed by atoms with E-state index in [-0.39, 0.29) is 12.2 Å². The summed E-state index contributed by atoms with van der Waals surface area (Å²) in [4.78, 5) is 0. The van der Waals surface area contributed by atoms with Crippen LogP contribution in [0.2, 0.25) is 0 Å². The number of nitrogen functional groups attached to an aromatic ring is 1. The van der Waals surface area contributed by atoms with Gasteiger partial charge in [-0.1, -0.05) is 0 Å². The minimum Gasteiger partial charge on any atom is -0.489 e. The molecule has 0 heterocycles. The van der Waals surface area contributed by atoms with Crippen LogP contribution >= 0.6 is 0 Å². The van der Waals surface area contributed by atoms with E-state index in [2.05, 4.69) is 6.07 Å². The Hall–Kier alpha value is -1.73. The molecule has 1 aliphatic carbocycles. The van der Waals surface area contributed by atoms with Gasteiger partial charge in [-0.05, 0) is 37.5 Å². The van der Waals surface area contributed by atoms with Gasteiger partial charge in [-0.2, -0.15) is 5.26 Å². The highest BCUT2D eigenvalue weighted by atomic mass is 16.5. The third kappa shape index (κ3) is 2.93. The lowest BCUT2D eigenvalue weighted by molar-refractivity contribution is 0.0209. The smallest absolute Gasteiger partial charge is 0.137 e. The fraction of sp³-hybridized carbons (Fsp3) is 0.500. The molecular formula is C14H18N2O2. The molecule has 2 unspecified atom stereocenters. The van der Waals surface area contributed by atoms with E-state index < -0.39 is 0 Å². The van der Waals surface area contributed by atoms with Crippen LogP contribution in [-0.2, 0) is 4.74 Å². The number of anilines is 1. The highest BCUT2D eigenvalue weighted by Crippen LogP contribution is 2.28. The average Bonchev–Trinajstić information content (AvgIpc) is 2.41. The van der Waals surface area contributed by atoms with Crippen LogP contribution in [-0.4, -0.2) is 19.3 Å². The van der Waals surface area contributed by atoms with Gasteiger partial charge in [0.25, 0.3) is 0 Å². The first-order valence-corrected chi connectivity index (χ1v) is 6.22. The molecule has 2 atom stereocenters. The Labute approximate surface area is 107 Å². The molecule has 1 aromatic carbocycles. The molecule has 0 aromatic heterocycles. The van der Waals surface area contributed by atoms with Crippen LogP contribution in [0.3, 0.4) is 0 Å². The van der Waals surface area contributed by atoms with Crippen molar-refractivity contribution in [3.8, 4) is 11.8 Å². The lowest BCUT2D eigenvalue weighted by Gasteiger charge is -2.28. The SMILES string of the molecule is COC1CCCC(Oc2ccc(N)cc2C#N)C1. The maximum Gasteiger partial charge on any atom is 0.137 e. The summed E-state index contributed by atoms with van der Waals surface area (Å²) in [5.74, 6) is 0.619. The summed E-state index contributed by atoms with van der Waals surface area (Å²) in [5.41, 5.74) is 6.73. The van der Waals surface area contributed by atoms with Crippen molar-refractivity contribution in [3.63, 3.8) is 0 Å². The highest BCUT2D eigenvalue weighted by Gasteiger charge is 2.23. The van der Waals surface area contributed by atoms with Crippen molar-refractivity contribution < 1.29 is 9.47 Å². The van der Waals surface area contributed by atoms with Crippen LogP contribution in [0.25, 0.3) is 0 Å². The van der Waals surface area contributed by atoms with Crippen molar-refractivity contribution in [1.29, 1.82) is 5.26 Å². The monoisotopic (exact) mass is 246 g/mol. The lowest BCUT2D eigenvalue weighted by atomic mass is 9.95. The zero-order chi connectivity index (χ0) is 13.0. The Kier molecular flexibility index (Phi) is 4.06. The first-order chi connectivity index (χ1) is 8.72. The Bertz CT molecular complexity index is 454. The summed E-state index contributed by atoms with van der Waals surface area (Å²) in [6, 6.07) is 7.28. The van der Waals surface area contributed by atoms with Crippen molar-refractivity contribution in [2.45, 2.75) is 37.9 Å². The quantitative estimate of drug-likeness (QED) is 0.832. The summed E-state index contributed by atoms with van der Waals surface area (Å²) < 4.78 is 11.3. The number of nitriles is 1. The molecule has 18 heavy (non-hydrogen) atoms. The van der Waals surface area contributed by atoms with E-state index >= 15 is 0 Å². The van der Waals surface area contributed by atoms with Gasteiger partial charge in [0, 0.05) is 19.2 Å². The predicted octanol–water partition coefficient (Wildman–Crippen LogP) is 2.48. The third-order valence-corrected chi connectivity index (χ3v) is 3.33. The van der Waals surface area contributed by atoms with Crippen LogP contribution in [0.4, 0.5) is 5.69 Å². The number of ether oxygens (including phenoxy) is 2. The molecule has 1 aromatic rings. The van der Waals surface area contributed by atoms with Gasteiger partial charge in [-0.15, -0.1) is 0 Å². The highest BCUT2D eigenvalue weighted by molar-refractivity contribution is 5.53. The van der Waals surface area contributed by atoms with Gasteiger partial charge in [0.05, 0.1) is 11.7 Å². The molecule has 0 bridgehead atoms. The van der Waals surface area contributed by atoms with Gasteiger partial charge < -0.3 is 15.2 Å². The molecule has 2 N–H and O–H groups in total. The number of nitrogens with zero attached hydrogens (tertiary/aromatic N) is 1. The molecule has 4 nitrogen and oxygen atoms in total. The average molecular weight is 246 g/mol. The first-order valence-electron chi connectivity index (χ1n) is 6.22. The van der Waals surface area contributed by atoms with Crippen LogP contribution in [0.5, 0.6) is 5.75 Å². The predicted molar refractivity (Wildman–Crippen MR) is 69.3 cm³/mol. The molecule has 0 aliphatic heterocycles. The summed E-state index contributed by atoms with van der Waals surface area (Å²) in [6.07, 6.45) is 4.46. The van der Waals surface area contributed by atoms with Crippen molar-refractivity contribution in [1.82, 2.24) is 0 Å². The van der Waals surface area contributed by atoms with Gasteiger partial charge in [0.1, 0.15) is 17.9 Å². The van der Waals surface area contributed by atoms with E-state index in [1.165, 1.54) is 0 Å². The molecule has 0 amide bonds. The van der Waals surface area contributed by atoms with E-state index in [1.54, 1.807) is 25.3 Å². The molecule has 0 spiro atoms. The number of hydrogen-bond acceptors (Lipinski definition) is 4. The molecule has 1 saturated carbocycles. The maximum atomic E-state index is 9.06. The van der Waals surface area contributed by atoms with Crippen LogP contribution < -0.4 is 10.5 Å². The molecular weight excluding hydrogens is 228 g/mol. The Balaban J connectivity index is 2.07. The zero-order valence-corrected chi connectivity index (χ0v) is 10.6. The van der Waals surface area contributed by atoms with Crippen molar-refractivity contribution in [3.05, 3.63) is 23.8 Å². The van der Waals surface area contributed by atoms with E-state index in [1.807, 2.05) is 0 Å². The number of benzene rings is 1. The normalized spacial score (nSPS) is 23.3. The Morgan fingerprint density at radius 2 is 2.11 bits per heavy atom.